The second-order valence-electron chi connectivity index (χ2n) is 9.24. The minimum absolute atomic E-state index is 0.0936. The molecule has 0 radical (unpaired) electrons. The number of hydrogen-bond acceptors (Lipinski definition) is 7. The topological polar surface area (TPSA) is 93.9 Å². The number of nitrogens with zero attached hydrogens (tertiary/aromatic N) is 3. The molecule has 9 heteroatoms. The highest BCUT2D eigenvalue weighted by Crippen LogP contribution is 2.36. The van der Waals surface area contributed by atoms with Crippen molar-refractivity contribution in [3.63, 3.8) is 0 Å². The van der Waals surface area contributed by atoms with E-state index in [0.717, 1.165) is 6.42 Å². The average molecular weight is 466 g/mol. The monoisotopic (exact) mass is 465 g/mol. The van der Waals surface area contributed by atoms with E-state index in [9.17, 15) is 18.8 Å². The van der Waals surface area contributed by atoms with Crippen LogP contribution >= 0.6 is 0 Å². The van der Waals surface area contributed by atoms with E-state index in [1.54, 1.807) is 23.1 Å². The van der Waals surface area contributed by atoms with E-state index >= 15 is 0 Å². The summed E-state index contributed by atoms with van der Waals surface area (Å²) in [6.45, 7) is 13.5. The van der Waals surface area contributed by atoms with Gasteiger partial charge in [-0.1, -0.05) is 39.0 Å². The Labute approximate surface area is 188 Å². The van der Waals surface area contributed by atoms with Crippen LogP contribution < -0.4 is 0 Å². The molecule has 0 aliphatic carbocycles. The second-order valence-corrected chi connectivity index (χ2v) is 15.9. The molecule has 0 spiro atoms. The molecule has 1 aliphatic heterocycles. The molecule has 1 N–H and O–H groups in total. The lowest BCUT2D eigenvalue weighted by Gasteiger charge is -2.36. The van der Waals surface area contributed by atoms with E-state index in [-0.39, 0.29) is 28.0 Å². The van der Waals surface area contributed by atoms with Crippen LogP contribution in [0, 0.1) is 11.3 Å². The number of allylic oxidation sites excluding steroid dienone is 1. The Kier molecular flexibility index (Phi) is 8.33. The summed E-state index contributed by atoms with van der Waals surface area (Å²) in [7, 11) is -5.81. The highest BCUT2D eigenvalue weighted by atomic mass is 32.2. The first-order chi connectivity index (χ1) is 14.5. The van der Waals surface area contributed by atoms with Gasteiger partial charge in [-0.3, -0.25) is 0 Å². The summed E-state index contributed by atoms with van der Waals surface area (Å²) in [6, 6.07) is 9.95. The van der Waals surface area contributed by atoms with E-state index in [1.165, 1.54) is 12.1 Å². The van der Waals surface area contributed by atoms with Crippen molar-refractivity contribution in [3.8, 4) is 6.07 Å². The van der Waals surface area contributed by atoms with E-state index in [4.69, 9.17) is 4.43 Å². The largest absolute Gasteiger partial charge is 0.417 e. The van der Waals surface area contributed by atoms with Crippen LogP contribution in [0.1, 0.15) is 27.2 Å². The molecule has 0 saturated carbocycles. The number of hydrogen-bond donors (Lipinski definition) is 1. The first-order valence-electron chi connectivity index (χ1n) is 10.6. The SMILES string of the molecule is CC(C)(C)[Si](C)(C)OCCCN1CCN(CCO)/C1=C(\C#N)S(=O)(=O)c1ccccc1. The minimum Gasteiger partial charge on any atom is -0.417 e. The van der Waals surface area contributed by atoms with Gasteiger partial charge in [-0.05, 0) is 36.7 Å². The lowest BCUT2D eigenvalue weighted by atomic mass is 10.2. The maximum Gasteiger partial charge on any atom is 0.220 e. The third-order valence-electron chi connectivity index (χ3n) is 6.08. The Morgan fingerprint density at radius 2 is 1.74 bits per heavy atom. The quantitative estimate of drug-likeness (QED) is 0.340. The molecule has 1 aromatic carbocycles. The Morgan fingerprint density at radius 1 is 1.16 bits per heavy atom. The van der Waals surface area contributed by atoms with Crippen LogP contribution in [0.5, 0.6) is 0 Å². The Morgan fingerprint density at radius 3 is 2.26 bits per heavy atom. The molecule has 1 fully saturated rings. The summed E-state index contributed by atoms with van der Waals surface area (Å²) in [5.41, 5.74) is 0. The normalized spacial score (nSPS) is 17.1. The zero-order valence-electron chi connectivity index (χ0n) is 19.3. The number of rotatable bonds is 9. The standard InChI is InChI=1S/C22H35N3O4SSi/c1-22(2,3)31(4,5)29-17-9-12-24-13-14-25(15-16-26)21(24)20(18-23)30(27,28)19-10-7-6-8-11-19/h6-8,10-11,26H,9,12-17H2,1-5H3/b21-20+. The molecule has 1 heterocycles. The first-order valence-corrected chi connectivity index (χ1v) is 15.0. The highest BCUT2D eigenvalue weighted by Gasteiger charge is 2.37. The van der Waals surface area contributed by atoms with Crippen molar-refractivity contribution in [2.24, 2.45) is 0 Å². The van der Waals surface area contributed by atoms with Gasteiger partial charge in [0.25, 0.3) is 0 Å². The summed E-state index contributed by atoms with van der Waals surface area (Å²) >= 11 is 0. The molecule has 0 atom stereocenters. The van der Waals surface area contributed by atoms with Gasteiger partial charge in [0.15, 0.2) is 13.2 Å². The lowest BCUT2D eigenvalue weighted by Crippen LogP contribution is -2.41. The van der Waals surface area contributed by atoms with Crippen LogP contribution in [0.4, 0.5) is 0 Å². The molecule has 2 rings (SSSR count). The van der Waals surface area contributed by atoms with Gasteiger partial charge in [-0.15, -0.1) is 0 Å². The van der Waals surface area contributed by atoms with Crippen LogP contribution in [-0.2, 0) is 14.3 Å². The molecule has 0 bridgehead atoms. The zero-order chi connectivity index (χ0) is 23.3. The number of β-amino-alcohol motifs (C(OH)–C–C–N with tert-alkyl or cyclic N) is 1. The molecule has 0 aromatic heterocycles. The Bertz CT molecular complexity index is 918. The van der Waals surface area contributed by atoms with Crippen LogP contribution in [0.15, 0.2) is 46.0 Å². The Hall–Kier alpha value is -1.86. The summed E-state index contributed by atoms with van der Waals surface area (Å²) in [5.74, 6) is 0.382. The first kappa shape index (κ1) is 25.4. The fraction of sp³-hybridized carbons (Fsp3) is 0.591. The molecule has 0 amide bonds. The predicted octanol–water partition coefficient (Wildman–Crippen LogP) is 3.17. The van der Waals surface area contributed by atoms with Crippen LogP contribution in [0.3, 0.4) is 0 Å². The highest BCUT2D eigenvalue weighted by molar-refractivity contribution is 7.95. The molecule has 7 nitrogen and oxygen atoms in total. The molecule has 172 valence electrons. The van der Waals surface area contributed by atoms with E-state index < -0.39 is 18.2 Å². The summed E-state index contributed by atoms with van der Waals surface area (Å²) in [5, 5.41) is 19.4. The van der Waals surface area contributed by atoms with Gasteiger partial charge in [0.1, 0.15) is 11.9 Å². The number of nitriles is 1. The number of benzene rings is 1. The van der Waals surface area contributed by atoms with Gasteiger partial charge < -0.3 is 19.3 Å². The van der Waals surface area contributed by atoms with Gasteiger partial charge in [-0.25, -0.2) is 8.42 Å². The smallest absolute Gasteiger partial charge is 0.220 e. The van der Waals surface area contributed by atoms with Crippen molar-refractivity contribution in [3.05, 3.63) is 41.1 Å². The molecule has 1 saturated heterocycles. The number of sulfone groups is 1. The van der Waals surface area contributed by atoms with Crippen molar-refractivity contribution in [2.45, 2.75) is 50.2 Å². The molecular formula is C22H35N3O4SSi. The maximum atomic E-state index is 13.2. The third kappa shape index (κ3) is 5.89. The number of aliphatic hydroxyl groups excluding tert-OH is 1. The molecule has 1 aromatic rings. The van der Waals surface area contributed by atoms with Gasteiger partial charge in [0, 0.05) is 32.8 Å². The van der Waals surface area contributed by atoms with E-state index in [1.807, 2.05) is 11.0 Å². The predicted molar refractivity (Wildman–Crippen MR) is 124 cm³/mol. The fourth-order valence-electron chi connectivity index (χ4n) is 3.24. The average Bonchev–Trinajstić information content (AvgIpc) is 3.08. The Balaban J connectivity index is 2.27. The van der Waals surface area contributed by atoms with Crippen LogP contribution in [0.2, 0.25) is 18.1 Å². The van der Waals surface area contributed by atoms with Gasteiger partial charge in [0.2, 0.25) is 9.84 Å². The maximum absolute atomic E-state index is 13.2. The van der Waals surface area contributed by atoms with E-state index in [2.05, 4.69) is 33.9 Å². The van der Waals surface area contributed by atoms with Crippen molar-refractivity contribution < 1.29 is 18.0 Å². The van der Waals surface area contributed by atoms with E-state index in [0.29, 0.717) is 32.1 Å². The fourth-order valence-corrected chi connectivity index (χ4v) is 5.70. The van der Waals surface area contributed by atoms with Crippen molar-refractivity contribution in [2.75, 3.05) is 39.4 Å². The van der Waals surface area contributed by atoms with Gasteiger partial charge >= 0.3 is 0 Å². The van der Waals surface area contributed by atoms with Crippen molar-refractivity contribution in [1.82, 2.24) is 9.80 Å². The van der Waals surface area contributed by atoms with Crippen LogP contribution in [0.25, 0.3) is 0 Å². The van der Waals surface area contributed by atoms with Crippen molar-refractivity contribution >= 4 is 18.2 Å². The molecule has 31 heavy (non-hydrogen) atoms. The molecular weight excluding hydrogens is 430 g/mol. The van der Waals surface area contributed by atoms with Crippen molar-refractivity contribution in [1.29, 1.82) is 5.26 Å². The third-order valence-corrected chi connectivity index (χ3v) is 12.3. The lowest BCUT2D eigenvalue weighted by molar-refractivity contribution is 0.226. The molecule has 0 unspecified atom stereocenters. The summed E-state index contributed by atoms with van der Waals surface area (Å²) in [6.07, 6.45) is 0.729. The van der Waals surface area contributed by atoms with Gasteiger partial charge in [-0.2, -0.15) is 5.26 Å². The van der Waals surface area contributed by atoms with Gasteiger partial charge in [0.05, 0.1) is 11.5 Å². The minimum atomic E-state index is -3.96. The molecule has 1 aliphatic rings. The summed E-state index contributed by atoms with van der Waals surface area (Å²) < 4.78 is 32.7. The summed E-state index contributed by atoms with van der Waals surface area (Å²) in [4.78, 5) is 3.54. The second kappa shape index (κ2) is 10.2. The number of aliphatic hydroxyl groups is 1. The zero-order valence-corrected chi connectivity index (χ0v) is 21.1. The van der Waals surface area contributed by atoms with Crippen LogP contribution in [-0.4, -0.2) is 71.0 Å².